The molecule has 26 heavy (non-hydrogen) atoms. The van der Waals surface area contributed by atoms with Crippen molar-refractivity contribution < 1.29 is 14.3 Å². The smallest absolute Gasteiger partial charge is 0.329 e. The third-order valence-electron chi connectivity index (χ3n) is 5.42. The molecule has 8 nitrogen and oxygen atoms in total. The number of anilines is 1. The molecule has 2 fully saturated rings. The Bertz CT molecular complexity index is 945. The van der Waals surface area contributed by atoms with E-state index in [0.29, 0.717) is 11.9 Å². The maximum Gasteiger partial charge on any atom is 0.329 e. The van der Waals surface area contributed by atoms with Gasteiger partial charge >= 0.3 is 5.69 Å². The zero-order valence-electron chi connectivity index (χ0n) is 14.9. The number of carbonyl (C=O) groups is 2. The number of piperidine rings is 1. The van der Waals surface area contributed by atoms with E-state index in [2.05, 4.69) is 10.2 Å². The van der Waals surface area contributed by atoms with Crippen LogP contribution in [-0.2, 0) is 21.4 Å². The number of imide groups is 1. The number of aryl methyl sites for hydroxylation is 1. The summed E-state index contributed by atoms with van der Waals surface area (Å²) in [6, 6.07) is 5.09. The molecular weight excluding hydrogens is 336 g/mol. The summed E-state index contributed by atoms with van der Waals surface area (Å²) in [5.74, 6) is -0.704. The van der Waals surface area contributed by atoms with E-state index in [1.807, 2.05) is 18.2 Å². The lowest BCUT2D eigenvalue weighted by atomic mass is 10.1. The Hall–Kier alpha value is -2.61. The summed E-state index contributed by atoms with van der Waals surface area (Å²) < 4.78 is 8.56. The van der Waals surface area contributed by atoms with Gasteiger partial charge in [0.15, 0.2) is 0 Å². The SMILES string of the molecule is CO[C@H]1CCN(c2cccc3c2n(C)c(=O)n3C2CCC(=O)NC2=O)C1. The first-order chi connectivity index (χ1) is 12.5. The molecule has 138 valence electrons. The molecule has 0 saturated carbocycles. The molecule has 2 aliphatic heterocycles. The molecule has 1 aromatic heterocycles. The second kappa shape index (κ2) is 6.28. The summed E-state index contributed by atoms with van der Waals surface area (Å²) in [7, 11) is 3.43. The van der Waals surface area contributed by atoms with Crippen LogP contribution in [0.2, 0.25) is 0 Å². The molecule has 2 aliphatic rings. The van der Waals surface area contributed by atoms with Crippen LogP contribution in [0, 0.1) is 0 Å². The van der Waals surface area contributed by atoms with Gasteiger partial charge < -0.3 is 9.64 Å². The van der Waals surface area contributed by atoms with Crippen molar-refractivity contribution in [3.05, 3.63) is 28.7 Å². The van der Waals surface area contributed by atoms with Crippen molar-refractivity contribution in [2.45, 2.75) is 31.4 Å². The van der Waals surface area contributed by atoms with Gasteiger partial charge in [-0.25, -0.2) is 4.79 Å². The van der Waals surface area contributed by atoms with E-state index in [4.69, 9.17) is 4.74 Å². The standard InChI is InChI=1S/C18H22N4O4/c1-20-16-12(21-9-8-11(10-21)26-2)4-3-5-13(16)22(18(20)25)14-6-7-15(23)19-17(14)24/h3-5,11,14H,6-10H2,1-2H3,(H,19,23,24)/t11-,14?/m0/s1. The fraction of sp³-hybridized carbons (Fsp3) is 0.500. The molecule has 3 heterocycles. The number of amides is 2. The maximum absolute atomic E-state index is 12.9. The highest BCUT2D eigenvalue weighted by Gasteiger charge is 2.32. The molecule has 8 heteroatoms. The number of hydrogen-bond acceptors (Lipinski definition) is 5. The van der Waals surface area contributed by atoms with Gasteiger partial charge in [0, 0.05) is 33.7 Å². The number of fused-ring (bicyclic) bond motifs is 1. The fourth-order valence-electron chi connectivity index (χ4n) is 4.04. The molecule has 0 aliphatic carbocycles. The fourth-order valence-corrected chi connectivity index (χ4v) is 4.04. The Labute approximate surface area is 150 Å². The van der Waals surface area contributed by atoms with Gasteiger partial charge in [-0.15, -0.1) is 0 Å². The van der Waals surface area contributed by atoms with Crippen LogP contribution in [0.1, 0.15) is 25.3 Å². The first kappa shape index (κ1) is 16.8. The molecule has 1 aromatic carbocycles. The summed E-state index contributed by atoms with van der Waals surface area (Å²) in [5.41, 5.74) is 2.24. The average Bonchev–Trinajstić information content (AvgIpc) is 3.20. The predicted molar refractivity (Wildman–Crippen MR) is 96.2 cm³/mol. The van der Waals surface area contributed by atoms with Crippen LogP contribution in [0.5, 0.6) is 0 Å². The third-order valence-corrected chi connectivity index (χ3v) is 5.42. The second-order valence-corrected chi connectivity index (χ2v) is 6.92. The van der Waals surface area contributed by atoms with Crippen molar-refractivity contribution in [2.75, 3.05) is 25.1 Å². The number of para-hydroxylation sites is 1. The first-order valence-corrected chi connectivity index (χ1v) is 8.82. The number of hydrogen-bond donors (Lipinski definition) is 1. The Morgan fingerprint density at radius 2 is 2.00 bits per heavy atom. The van der Waals surface area contributed by atoms with E-state index >= 15 is 0 Å². The molecule has 2 aromatic rings. The first-order valence-electron chi connectivity index (χ1n) is 8.82. The molecule has 0 radical (unpaired) electrons. The number of nitrogens with one attached hydrogen (secondary N) is 1. The van der Waals surface area contributed by atoms with E-state index < -0.39 is 11.9 Å². The van der Waals surface area contributed by atoms with Crippen LogP contribution in [0.25, 0.3) is 11.0 Å². The van der Waals surface area contributed by atoms with E-state index in [1.165, 1.54) is 4.57 Å². The van der Waals surface area contributed by atoms with E-state index in [1.54, 1.807) is 18.7 Å². The van der Waals surface area contributed by atoms with Crippen molar-refractivity contribution in [2.24, 2.45) is 7.05 Å². The maximum atomic E-state index is 12.9. The number of aromatic nitrogens is 2. The van der Waals surface area contributed by atoms with Crippen LogP contribution in [-0.4, -0.2) is 47.3 Å². The number of rotatable bonds is 3. The van der Waals surface area contributed by atoms with Gasteiger partial charge in [-0.05, 0) is 25.0 Å². The predicted octanol–water partition coefficient (Wildman–Crippen LogP) is 0.543. The van der Waals surface area contributed by atoms with Gasteiger partial charge in [-0.2, -0.15) is 0 Å². The number of methoxy groups -OCH3 is 1. The van der Waals surface area contributed by atoms with Crippen LogP contribution in [0.4, 0.5) is 5.69 Å². The highest BCUT2D eigenvalue weighted by Crippen LogP contribution is 2.31. The number of benzene rings is 1. The number of nitrogens with zero attached hydrogens (tertiary/aromatic N) is 3. The normalized spacial score (nSPS) is 23.7. The molecular formula is C18H22N4O4. The highest BCUT2D eigenvalue weighted by molar-refractivity contribution is 6.00. The topological polar surface area (TPSA) is 85.6 Å². The van der Waals surface area contributed by atoms with Crippen LogP contribution in [0.3, 0.4) is 0 Å². The lowest BCUT2D eigenvalue weighted by molar-refractivity contribution is -0.135. The minimum atomic E-state index is -0.663. The molecule has 4 rings (SSSR count). The van der Waals surface area contributed by atoms with Crippen molar-refractivity contribution in [3.63, 3.8) is 0 Å². The van der Waals surface area contributed by atoms with Gasteiger partial charge in [0.05, 0.1) is 22.8 Å². The minimum absolute atomic E-state index is 0.180. The Morgan fingerprint density at radius 3 is 2.69 bits per heavy atom. The summed E-state index contributed by atoms with van der Waals surface area (Å²) in [4.78, 5) is 38.9. The van der Waals surface area contributed by atoms with Crippen LogP contribution >= 0.6 is 0 Å². The van der Waals surface area contributed by atoms with E-state index in [-0.39, 0.29) is 24.1 Å². The summed E-state index contributed by atoms with van der Waals surface area (Å²) in [6.45, 7) is 1.63. The number of carbonyl (C=O) groups excluding carboxylic acids is 2. The third kappa shape index (κ3) is 2.52. The molecule has 2 atom stereocenters. The molecule has 0 spiro atoms. The van der Waals surface area contributed by atoms with Crippen molar-refractivity contribution in [3.8, 4) is 0 Å². The van der Waals surface area contributed by atoms with Crippen molar-refractivity contribution in [1.82, 2.24) is 14.5 Å². The second-order valence-electron chi connectivity index (χ2n) is 6.92. The van der Waals surface area contributed by atoms with Crippen LogP contribution in [0.15, 0.2) is 23.0 Å². The summed E-state index contributed by atoms with van der Waals surface area (Å²) in [5, 5.41) is 2.34. The van der Waals surface area contributed by atoms with Crippen molar-refractivity contribution in [1.29, 1.82) is 0 Å². The Balaban J connectivity index is 1.83. The minimum Gasteiger partial charge on any atom is -0.380 e. The monoisotopic (exact) mass is 358 g/mol. The van der Waals surface area contributed by atoms with E-state index in [0.717, 1.165) is 30.7 Å². The largest absolute Gasteiger partial charge is 0.380 e. The van der Waals surface area contributed by atoms with Crippen LogP contribution < -0.4 is 15.9 Å². The lowest BCUT2D eigenvalue weighted by Crippen LogP contribution is -2.44. The highest BCUT2D eigenvalue weighted by atomic mass is 16.5. The Kier molecular flexibility index (Phi) is 4.07. The zero-order valence-corrected chi connectivity index (χ0v) is 14.9. The summed E-state index contributed by atoms with van der Waals surface area (Å²) in [6.07, 6.45) is 1.69. The molecule has 2 saturated heterocycles. The molecule has 1 unspecified atom stereocenters. The zero-order chi connectivity index (χ0) is 18.4. The lowest BCUT2D eigenvalue weighted by Gasteiger charge is -2.22. The average molecular weight is 358 g/mol. The molecule has 0 bridgehead atoms. The molecule has 1 N–H and O–H groups in total. The quantitative estimate of drug-likeness (QED) is 0.810. The van der Waals surface area contributed by atoms with Gasteiger partial charge in [0.1, 0.15) is 6.04 Å². The van der Waals surface area contributed by atoms with E-state index in [9.17, 15) is 14.4 Å². The van der Waals surface area contributed by atoms with Gasteiger partial charge in [0.2, 0.25) is 11.8 Å². The van der Waals surface area contributed by atoms with Gasteiger partial charge in [-0.3, -0.25) is 24.0 Å². The van der Waals surface area contributed by atoms with Gasteiger partial charge in [-0.1, -0.05) is 6.07 Å². The summed E-state index contributed by atoms with van der Waals surface area (Å²) >= 11 is 0. The van der Waals surface area contributed by atoms with Crippen molar-refractivity contribution >= 4 is 28.5 Å². The number of imidazole rings is 1. The van der Waals surface area contributed by atoms with Gasteiger partial charge in [0.25, 0.3) is 0 Å². The molecule has 2 amide bonds. The Morgan fingerprint density at radius 1 is 1.19 bits per heavy atom. The number of ether oxygens (including phenoxy) is 1.